The number of aliphatic hydroxyl groups is 1. The van der Waals surface area contributed by atoms with Crippen molar-refractivity contribution in [1.29, 1.82) is 0 Å². The molecule has 1 saturated carbocycles. The number of benzene rings is 1. The summed E-state index contributed by atoms with van der Waals surface area (Å²) in [6.45, 7) is 0.424. The van der Waals surface area contributed by atoms with E-state index in [9.17, 15) is 9.90 Å². The van der Waals surface area contributed by atoms with Gasteiger partial charge in [0.25, 0.3) is 5.91 Å². The van der Waals surface area contributed by atoms with Gasteiger partial charge in [-0.3, -0.25) is 4.79 Å². The van der Waals surface area contributed by atoms with E-state index in [0.717, 1.165) is 37.7 Å². The summed E-state index contributed by atoms with van der Waals surface area (Å²) in [5.41, 5.74) is 7.12. The van der Waals surface area contributed by atoms with Gasteiger partial charge in [-0.05, 0) is 30.5 Å². The Morgan fingerprint density at radius 2 is 2.11 bits per heavy atom. The molecule has 1 fully saturated rings. The molecule has 2 atom stereocenters. The Morgan fingerprint density at radius 1 is 1.32 bits per heavy atom. The highest BCUT2D eigenvalue weighted by molar-refractivity contribution is 5.94. The molecule has 104 valence electrons. The molecule has 1 aromatic carbocycles. The Hall–Kier alpha value is -1.39. The minimum absolute atomic E-state index is 0.124. The van der Waals surface area contributed by atoms with Crippen molar-refractivity contribution in [2.45, 2.75) is 50.8 Å². The van der Waals surface area contributed by atoms with Crippen LogP contribution < -0.4 is 11.1 Å². The first-order valence-corrected chi connectivity index (χ1v) is 6.98. The van der Waals surface area contributed by atoms with E-state index in [1.54, 1.807) is 12.1 Å². The summed E-state index contributed by atoms with van der Waals surface area (Å²) in [6, 6.07) is 7.19. The fourth-order valence-corrected chi connectivity index (χ4v) is 2.55. The Labute approximate surface area is 114 Å². The van der Waals surface area contributed by atoms with Crippen molar-refractivity contribution in [3.8, 4) is 0 Å². The van der Waals surface area contributed by atoms with Gasteiger partial charge in [0.05, 0.1) is 12.1 Å². The molecule has 0 aliphatic heterocycles. The van der Waals surface area contributed by atoms with Crippen molar-refractivity contribution in [2.75, 3.05) is 0 Å². The minimum atomic E-state index is -0.427. The summed E-state index contributed by atoms with van der Waals surface area (Å²) in [7, 11) is 0. The lowest BCUT2D eigenvalue weighted by Crippen LogP contribution is -2.42. The molecule has 2 unspecified atom stereocenters. The Kier molecular flexibility index (Phi) is 4.93. The lowest BCUT2D eigenvalue weighted by molar-refractivity contribution is 0.0818. The zero-order chi connectivity index (χ0) is 13.7. The average molecular weight is 262 g/mol. The number of amides is 1. The van der Waals surface area contributed by atoms with Crippen LogP contribution in [0.15, 0.2) is 24.3 Å². The molecule has 19 heavy (non-hydrogen) atoms. The van der Waals surface area contributed by atoms with Gasteiger partial charge < -0.3 is 16.2 Å². The molecular weight excluding hydrogens is 240 g/mol. The molecule has 1 aromatic rings. The summed E-state index contributed by atoms with van der Waals surface area (Å²) in [6.07, 6.45) is 4.42. The molecule has 0 spiro atoms. The number of hydrogen-bond donors (Lipinski definition) is 3. The number of rotatable bonds is 3. The van der Waals surface area contributed by atoms with Crippen molar-refractivity contribution in [2.24, 2.45) is 5.73 Å². The maximum atomic E-state index is 12.2. The molecule has 1 aliphatic rings. The average Bonchev–Trinajstić information content (AvgIpc) is 2.64. The molecule has 1 amide bonds. The van der Waals surface area contributed by atoms with Crippen LogP contribution in [-0.4, -0.2) is 23.2 Å². The van der Waals surface area contributed by atoms with Gasteiger partial charge in [0.2, 0.25) is 0 Å². The van der Waals surface area contributed by atoms with E-state index in [0.29, 0.717) is 12.1 Å². The van der Waals surface area contributed by atoms with Gasteiger partial charge in [-0.1, -0.05) is 31.4 Å². The third-order valence-corrected chi connectivity index (χ3v) is 3.72. The fourth-order valence-electron chi connectivity index (χ4n) is 2.55. The Balaban J connectivity index is 2.02. The predicted molar refractivity (Wildman–Crippen MR) is 74.7 cm³/mol. The second kappa shape index (κ2) is 6.68. The summed E-state index contributed by atoms with van der Waals surface area (Å²) in [5.74, 6) is -0.124. The van der Waals surface area contributed by atoms with Crippen LogP contribution in [0.2, 0.25) is 0 Å². The van der Waals surface area contributed by atoms with E-state index in [1.165, 1.54) is 0 Å². The van der Waals surface area contributed by atoms with E-state index in [1.807, 2.05) is 12.1 Å². The second-order valence-electron chi connectivity index (χ2n) is 5.19. The SMILES string of the molecule is NCc1cccc(C(=O)NC2CCCCCC2O)c1. The number of nitrogens with one attached hydrogen (secondary N) is 1. The second-order valence-corrected chi connectivity index (χ2v) is 5.19. The van der Waals surface area contributed by atoms with Crippen molar-refractivity contribution >= 4 is 5.91 Å². The largest absolute Gasteiger partial charge is 0.391 e. The predicted octanol–water partition coefficient (Wildman–Crippen LogP) is 1.57. The molecule has 4 nitrogen and oxygen atoms in total. The minimum Gasteiger partial charge on any atom is -0.391 e. The highest BCUT2D eigenvalue weighted by Gasteiger charge is 2.23. The van der Waals surface area contributed by atoms with Crippen LogP contribution in [0.5, 0.6) is 0 Å². The highest BCUT2D eigenvalue weighted by Crippen LogP contribution is 2.18. The third-order valence-electron chi connectivity index (χ3n) is 3.72. The molecule has 0 bridgehead atoms. The molecule has 0 heterocycles. The first kappa shape index (κ1) is 14.0. The van der Waals surface area contributed by atoms with E-state index < -0.39 is 6.10 Å². The van der Waals surface area contributed by atoms with Crippen LogP contribution in [0.25, 0.3) is 0 Å². The maximum Gasteiger partial charge on any atom is 0.251 e. The smallest absolute Gasteiger partial charge is 0.251 e. The van der Waals surface area contributed by atoms with E-state index in [2.05, 4.69) is 5.32 Å². The molecular formula is C15H22N2O2. The number of carbonyl (C=O) groups excluding carboxylic acids is 1. The van der Waals surface area contributed by atoms with Crippen LogP contribution in [-0.2, 0) is 6.54 Å². The van der Waals surface area contributed by atoms with Gasteiger partial charge in [0, 0.05) is 12.1 Å². The van der Waals surface area contributed by atoms with Crippen LogP contribution in [0.4, 0.5) is 0 Å². The topological polar surface area (TPSA) is 75.4 Å². The molecule has 0 aromatic heterocycles. The lowest BCUT2D eigenvalue weighted by atomic mass is 10.0. The monoisotopic (exact) mass is 262 g/mol. The van der Waals surface area contributed by atoms with E-state index in [4.69, 9.17) is 5.73 Å². The first-order chi connectivity index (χ1) is 9.20. The molecule has 0 radical (unpaired) electrons. The van der Waals surface area contributed by atoms with Crippen molar-refractivity contribution in [3.63, 3.8) is 0 Å². The van der Waals surface area contributed by atoms with Gasteiger partial charge in [-0.25, -0.2) is 0 Å². The third kappa shape index (κ3) is 3.78. The molecule has 1 aliphatic carbocycles. The molecule has 0 saturated heterocycles. The number of carbonyl (C=O) groups is 1. The standard InChI is InChI=1S/C15H22N2O2/c16-10-11-5-4-6-12(9-11)15(19)17-13-7-2-1-3-8-14(13)18/h4-6,9,13-14,18H,1-3,7-8,10,16H2,(H,17,19). The summed E-state index contributed by atoms with van der Waals surface area (Å²) in [5, 5.41) is 13.0. The molecule has 4 heteroatoms. The zero-order valence-electron chi connectivity index (χ0n) is 11.1. The summed E-state index contributed by atoms with van der Waals surface area (Å²) < 4.78 is 0. The maximum absolute atomic E-state index is 12.2. The van der Waals surface area contributed by atoms with Crippen molar-refractivity contribution in [1.82, 2.24) is 5.32 Å². The van der Waals surface area contributed by atoms with Gasteiger partial charge in [-0.15, -0.1) is 0 Å². The summed E-state index contributed by atoms with van der Waals surface area (Å²) in [4.78, 5) is 12.2. The number of aliphatic hydroxyl groups excluding tert-OH is 1. The van der Waals surface area contributed by atoms with Crippen molar-refractivity contribution < 1.29 is 9.90 Å². The molecule has 2 rings (SSSR count). The van der Waals surface area contributed by atoms with Gasteiger partial charge >= 0.3 is 0 Å². The Bertz CT molecular complexity index is 434. The fraction of sp³-hybridized carbons (Fsp3) is 0.533. The number of hydrogen-bond acceptors (Lipinski definition) is 3. The Morgan fingerprint density at radius 3 is 2.89 bits per heavy atom. The summed E-state index contributed by atoms with van der Waals surface area (Å²) >= 11 is 0. The van der Waals surface area contributed by atoms with Crippen LogP contribution >= 0.6 is 0 Å². The van der Waals surface area contributed by atoms with Crippen molar-refractivity contribution in [3.05, 3.63) is 35.4 Å². The normalized spacial score (nSPS) is 23.7. The van der Waals surface area contributed by atoms with Gasteiger partial charge in [-0.2, -0.15) is 0 Å². The van der Waals surface area contributed by atoms with Gasteiger partial charge in [0.15, 0.2) is 0 Å². The van der Waals surface area contributed by atoms with Gasteiger partial charge in [0.1, 0.15) is 0 Å². The van der Waals surface area contributed by atoms with E-state index >= 15 is 0 Å². The van der Waals surface area contributed by atoms with Crippen LogP contribution in [0, 0.1) is 0 Å². The lowest BCUT2D eigenvalue weighted by Gasteiger charge is -2.21. The first-order valence-electron chi connectivity index (χ1n) is 6.98. The highest BCUT2D eigenvalue weighted by atomic mass is 16.3. The van der Waals surface area contributed by atoms with E-state index in [-0.39, 0.29) is 11.9 Å². The van der Waals surface area contributed by atoms with Crippen LogP contribution in [0.3, 0.4) is 0 Å². The number of nitrogens with two attached hydrogens (primary N) is 1. The van der Waals surface area contributed by atoms with Crippen LogP contribution in [0.1, 0.15) is 48.0 Å². The quantitative estimate of drug-likeness (QED) is 0.724. The molecule has 4 N–H and O–H groups in total. The zero-order valence-corrected chi connectivity index (χ0v) is 11.1.